The number of nitrogens with zero attached hydrogens (tertiary/aromatic N) is 2. The molecule has 1 fully saturated rings. The zero-order valence-corrected chi connectivity index (χ0v) is 13.6. The summed E-state index contributed by atoms with van der Waals surface area (Å²) in [5, 5.41) is 5.87. The summed E-state index contributed by atoms with van der Waals surface area (Å²) >= 11 is 0. The number of amides is 2. The molecule has 2 amide bonds. The van der Waals surface area contributed by atoms with Crippen molar-refractivity contribution in [2.45, 2.75) is 18.5 Å². The van der Waals surface area contributed by atoms with Gasteiger partial charge in [-0.15, -0.1) is 0 Å². The van der Waals surface area contributed by atoms with Crippen LogP contribution in [0.15, 0.2) is 36.5 Å². The van der Waals surface area contributed by atoms with Crippen molar-refractivity contribution in [2.24, 2.45) is 0 Å². The van der Waals surface area contributed by atoms with Crippen LogP contribution in [0.1, 0.15) is 16.8 Å². The molecule has 1 aromatic heterocycles. The first-order chi connectivity index (χ1) is 11.9. The van der Waals surface area contributed by atoms with E-state index in [9.17, 15) is 18.4 Å². The van der Waals surface area contributed by atoms with E-state index in [-0.39, 0.29) is 6.54 Å². The molecule has 0 unspecified atom stereocenters. The van der Waals surface area contributed by atoms with Gasteiger partial charge in [0.1, 0.15) is 0 Å². The molecule has 1 aliphatic rings. The molecule has 0 radical (unpaired) electrons. The lowest BCUT2D eigenvalue weighted by atomic mass is 10.1. The number of hydrogen-bond donors (Lipinski definition) is 2. The van der Waals surface area contributed by atoms with Crippen molar-refractivity contribution in [2.75, 3.05) is 20.1 Å². The van der Waals surface area contributed by atoms with Gasteiger partial charge in [0.15, 0.2) is 0 Å². The number of para-hydroxylation sites is 1. The number of halogens is 2. The third-order valence-corrected chi connectivity index (χ3v) is 4.22. The normalized spacial score (nSPS) is 19.2. The van der Waals surface area contributed by atoms with Crippen molar-refractivity contribution >= 4 is 22.7 Å². The third kappa shape index (κ3) is 3.58. The van der Waals surface area contributed by atoms with E-state index >= 15 is 0 Å². The molecule has 1 aliphatic heterocycles. The lowest BCUT2D eigenvalue weighted by Crippen LogP contribution is -2.47. The Balaban J connectivity index is 1.69. The van der Waals surface area contributed by atoms with Crippen LogP contribution in [0.25, 0.3) is 10.9 Å². The monoisotopic (exact) mass is 348 g/mol. The molecule has 2 aromatic rings. The van der Waals surface area contributed by atoms with E-state index in [1.165, 1.54) is 13.2 Å². The number of carbonyl (C=O) groups excluding carboxylic acids is 2. The first-order valence-corrected chi connectivity index (χ1v) is 7.88. The minimum absolute atomic E-state index is 0.344. The number of aromatic nitrogens is 1. The predicted octanol–water partition coefficient (Wildman–Crippen LogP) is 1.38. The maximum absolute atomic E-state index is 13.5. The Labute approximate surface area is 143 Å². The maximum Gasteiger partial charge on any atom is 0.268 e. The summed E-state index contributed by atoms with van der Waals surface area (Å²) in [6.45, 7) is -0.991. The highest BCUT2D eigenvalue weighted by Crippen LogP contribution is 2.30. The fourth-order valence-electron chi connectivity index (χ4n) is 2.98. The quantitative estimate of drug-likeness (QED) is 0.875. The topological polar surface area (TPSA) is 74.3 Å². The van der Waals surface area contributed by atoms with Gasteiger partial charge in [0.25, 0.3) is 11.8 Å². The van der Waals surface area contributed by atoms with E-state index in [0.717, 1.165) is 4.90 Å². The smallest absolute Gasteiger partial charge is 0.268 e. The van der Waals surface area contributed by atoms with E-state index in [1.807, 2.05) is 6.07 Å². The predicted molar refractivity (Wildman–Crippen MR) is 88.2 cm³/mol. The van der Waals surface area contributed by atoms with Crippen LogP contribution in [0.4, 0.5) is 8.78 Å². The highest BCUT2D eigenvalue weighted by Gasteiger charge is 2.46. The number of alkyl halides is 2. The summed E-state index contributed by atoms with van der Waals surface area (Å²) in [5.74, 6) is -3.92. The van der Waals surface area contributed by atoms with Crippen molar-refractivity contribution in [1.82, 2.24) is 20.5 Å². The summed E-state index contributed by atoms with van der Waals surface area (Å²) in [4.78, 5) is 29.8. The average molecular weight is 348 g/mol. The van der Waals surface area contributed by atoms with Crippen LogP contribution in [0.3, 0.4) is 0 Å². The summed E-state index contributed by atoms with van der Waals surface area (Å²) in [6, 6.07) is 8.70. The largest absolute Gasteiger partial charge is 0.343 e. The summed E-state index contributed by atoms with van der Waals surface area (Å²) < 4.78 is 27.0. The minimum Gasteiger partial charge on any atom is -0.343 e. The molecule has 0 bridgehead atoms. The van der Waals surface area contributed by atoms with E-state index in [2.05, 4.69) is 15.6 Å². The summed E-state index contributed by atoms with van der Waals surface area (Å²) in [6.07, 6.45) is 0.344. The van der Waals surface area contributed by atoms with Crippen LogP contribution in [-0.2, 0) is 4.79 Å². The van der Waals surface area contributed by atoms with Gasteiger partial charge in [0.2, 0.25) is 5.91 Å². The summed E-state index contributed by atoms with van der Waals surface area (Å²) in [7, 11) is 1.52. The van der Waals surface area contributed by atoms with Gasteiger partial charge in [0, 0.05) is 18.0 Å². The molecule has 8 heteroatoms. The second-order valence-corrected chi connectivity index (χ2v) is 5.94. The maximum atomic E-state index is 13.5. The zero-order chi connectivity index (χ0) is 18.0. The Bertz CT molecular complexity index is 807. The molecule has 0 spiro atoms. The molecular formula is C17H18F2N4O2. The zero-order valence-electron chi connectivity index (χ0n) is 13.6. The van der Waals surface area contributed by atoms with Crippen molar-refractivity contribution in [3.05, 3.63) is 42.1 Å². The second-order valence-electron chi connectivity index (χ2n) is 5.94. The molecule has 1 aromatic carbocycles. The highest BCUT2D eigenvalue weighted by molar-refractivity contribution is 6.06. The molecule has 132 valence electrons. The van der Waals surface area contributed by atoms with Gasteiger partial charge in [-0.3, -0.25) is 14.6 Å². The number of fused-ring (bicyclic) bond motifs is 1. The molecule has 6 nitrogen and oxygen atoms in total. The van der Waals surface area contributed by atoms with Gasteiger partial charge in [0.05, 0.1) is 30.3 Å². The summed E-state index contributed by atoms with van der Waals surface area (Å²) in [5.41, 5.74) is 1.05. The van der Waals surface area contributed by atoms with E-state index in [1.54, 1.807) is 24.3 Å². The SMILES string of the molecule is CN[C@@H]1CC(F)(F)CN1C(=O)CNC(=O)c1ccnc2ccccc12. The minimum atomic E-state index is -2.92. The highest BCUT2D eigenvalue weighted by atomic mass is 19.3. The molecule has 25 heavy (non-hydrogen) atoms. The van der Waals surface area contributed by atoms with E-state index < -0.39 is 36.9 Å². The lowest BCUT2D eigenvalue weighted by Gasteiger charge is -2.23. The van der Waals surface area contributed by atoms with E-state index in [0.29, 0.717) is 16.5 Å². The van der Waals surface area contributed by atoms with Crippen LogP contribution in [0, 0.1) is 0 Å². The molecule has 2 N–H and O–H groups in total. The van der Waals surface area contributed by atoms with Crippen LogP contribution in [0.2, 0.25) is 0 Å². The number of likely N-dealkylation sites (tertiary alicyclic amines) is 1. The molecule has 0 aliphatic carbocycles. The fraction of sp³-hybridized carbons (Fsp3) is 0.353. The number of rotatable bonds is 4. The second kappa shape index (κ2) is 6.72. The molecule has 1 atom stereocenters. The number of hydrogen-bond acceptors (Lipinski definition) is 4. The standard InChI is InChI=1S/C17H18F2N4O2/c1-20-14-8-17(18,19)10-23(14)15(24)9-22-16(25)12-6-7-21-13-5-3-2-4-11(12)13/h2-7,14,20H,8-10H2,1H3,(H,22,25)/t14-/m0/s1. The van der Waals surface area contributed by atoms with E-state index in [4.69, 9.17) is 0 Å². The number of carbonyl (C=O) groups is 2. The van der Waals surface area contributed by atoms with Gasteiger partial charge in [-0.25, -0.2) is 8.78 Å². The number of benzene rings is 1. The molecule has 1 saturated heterocycles. The van der Waals surface area contributed by atoms with Gasteiger partial charge in [-0.2, -0.15) is 0 Å². The van der Waals surface area contributed by atoms with Gasteiger partial charge >= 0.3 is 0 Å². The number of pyridine rings is 1. The average Bonchev–Trinajstić information content (AvgIpc) is 2.93. The van der Waals surface area contributed by atoms with Crippen LogP contribution in [0.5, 0.6) is 0 Å². The third-order valence-electron chi connectivity index (χ3n) is 4.22. The first-order valence-electron chi connectivity index (χ1n) is 7.88. The van der Waals surface area contributed by atoms with Crippen LogP contribution < -0.4 is 10.6 Å². The molecule has 0 saturated carbocycles. The Morgan fingerprint density at radius 3 is 2.84 bits per heavy atom. The Morgan fingerprint density at radius 1 is 1.32 bits per heavy atom. The molecule has 3 rings (SSSR count). The first kappa shape index (κ1) is 17.2. The van der Waals surface area contributed by atoms with Crippen LogP contribution >= 0.6 is 0 Å². The van der Waals surface area contributed by atoms with Crippen LogP contribution in [-0.4, -0.2) is 53.9 Å². The van der Waals surface area contributed by atoms with Gasteiger partial charge in [-0.05, 0) is 19.2 Å². The van der Waals surface area contributed by atoms with Gasteiger partial charge in [-0.1, -0.05) is 18.2 Å². The fourth-order valence-corrected chi connectivity index (χ4v) is 2.98. The van der Waals surface area contributed by atoms with Crippen molar-refractivity contribution in [1.29, 1.82) is 0 Å². The lowest BCUT2D eigenvalue weighted by molar-refractivity contribution is -0.132. The van der Waals surface area contributed by atoms with Crippen molar-refractivity contribution in [3.8, 4) is 0 Å². The van der Waals surface area contributed by atoms with Crippen molar-refractivity contribution < 1.29 is 18.4 Å². The Morgan fingerprint density at radius 2 is 2.08 bits per heavy atom. The van der Waals surface area contributed by atoms with Gasteiger partial charge < -0.3 is 15.5 Å². The van der Waals surface area contributed by atoms with Crippen molar-refractivity contribution in [3.63, 3.8) is 0 Å². The number of nitrogens with one attached hydrogen (secondary N) is 2. The molecule has 2 heterocycles. The Hall–Kier alpha value is -2.61. The Kier molecular flexibility index (Phi) is 4.63. The molecular weight excluding hydrogens is 330 g/mol.